The molecule has 0 saturated carbocycles. The third-order valence-corrected chi connectivity index (χ3v) is 5.74. The van der Waals surface area contributed by atoms with Gasteiger partial charge in [0.1, 0.15) is 11.8 Å². The summed E-state index contributed by atoms with van der Waals surface area (Å²) in [7, 11) is 3.06. The minimum Gasteiger partial charge on any atom is -0.378 e. The molecule has 0 rings (SSSR count). The van der Waals surface area contributed by atoms with E-state index >= 15 is 0 Å². The molecule has 10 nitrogen and oxygen atoms in total. The maximum Gasteiger partial charge on any atom is 0.647 e. The topological polar surface area (TPSA) is 106 Å². The van der Waals surface area contributed by atoms with Gasteiger partial charge in [0.05, 0.1) is 0 Å². The Morgan fingerprint density at radius 2 is 0.781 bits per heavy atom. The maximum atomic E-state index is 13.6. The number of phosphoric acid groups is 1. The van der Waals surface area contributed by atoms with Crippen LogP contribution in [0.2, 0.25) is 0 Å². The van der Waals surface area contributed by atoms with Gasteiger partial charge in [-0.25, -0.2) is 0 Å². The average Bonchev–Trinajstić information content (AvgIpc) is 2.66. The van der Waals surface area contributed by atoms with Crippen LogP contribution in [0.25, 0.3) is 0 Å². The van der Waals surface area contributed by atoms with E-state index in [0.29, 0.717) is 0 Å². The van der Waals surface area contributed by atoms with E-state index in [2.05, 4.69) is 47.8 Å². The number of amides is 3. The molecular weight excluding hydrogens is 711 g/mol. The van der Waals surface area contributed by atoms with Gasteiger partial charge >= 0.3 is 7.82 Å². The average molecular weight is 729 g/mol. The highest BCUT2D eigenvalue weighted by Gasteiger charge is 2.43. The Morgan fingerprint density at radius 1 is 0.594 bits per heavy atom. The van der Waals surface area contributed by atoms with Crippen LogP contribution in [-0.4, -0.2) is 74.7 Å². The van der Waals surface area contributed by atoms with Gasteiger partial charge in [-0.15, -0.1) is 0 Å². The number of carbonyl (C=O) groups is 3. The van der Waals surface area contributed by atoms with Gasteiger partial charge in [-0.05, 0) is 47.8 Å². The summed E-state index contributed by atoms with van der Waals surface area (Å²) in [4.78, 5) is 40.4. The lowest BCUT2D eigenvalue weighted by Gasteiger charge is -2.24. The van der Waals surface area contributed by atoms with Crippen LogP contribution in [0.15, 0.2) is 29.1 Å². The van der Waals surface area contributed by atoms with Gasteiger partial charge < -0.3 is 28.3 Å². The zero-order valence-corrected chi connectivity index (χ0v) is 25.3. The fourth-order valence-corrected chi connectivity index (χ4v) is 4.40. The molecule has 0 aromatic carbocycles. The summed E-state index contributed by atoms with van der Waals surface area (Å²) in [5.74, 6) is -4.73. The van der Waals surface area contributed by atoms with Crippen LogP contribution < -0.4 is 0 Å². The van der Waals surface area contributed by atoms with Gasteiger partial charge in [0.15, 0.2) is 0 Å². The van der Waals surface area contributed by atoms with Crippen molar-refractivity contribution in [2.45, 2.75) is 0 Å². The zero-order valence-electron chi connectivity index (χ0n) is 17.4. The molecule has 0 atom stereocenters. The Hall–Kier alpha value is -0.430. The summed E-state index contributed by atoms with van der Waals surface area (Å²) in [5, 5.41) is 0. The van der Waals surface area contributed by atoms with Gasteiger partial charge in [-0.2, -0.15) is 4.57 Å². The van der Waals surface area contributed by atoms with E-state index in [1.54, 1.807) is 0 Å². The predicted molar refractivity (Wildman–Crippen MR) is 132 cm³/mol. The Bertz CT molecular complexity index is 797. The van der Waals surface area contributed by atoms with Crippen molar-refractivity contribution in [3.63, 3.8) is 0 Å². The molecule has 32 heavy (non-hydrogen) atoms. The molecule has 0 N–H and O–H groups in total. The number of likely N-dealkylation sites (N-methyl/N-ethyl adjacent to an activating group) is 3. The maximum absolute atomic E-state index is 13.6. The minimum atomic E-state index is -5.09. The van der Waals surface area contributed by atoms with E-state index in [9.17, 15) is 18.9 Å². The van der Waals surface area contributed by atoms with Crippen LogP contribution >= 0.6 is 90.4 Å². The van der Waals surface area contributed by atoms with Crippen LogP contribution in [0.3, 0.4) is 0 Å². The number of hydrogen-bond acceptors (Lipinski definition) is 7. The number of hydrogen-bond donors (Lipinski definition) is 0. The molecule has 0 unspecified atom stereocenters. The van der Waals surface area contributed by atoms with Crippen LogP contribution in [0.5, 0.6) is 0 Å². The molecule has 17 heteroatoms. The highest BCUT2D eigenvalue weighted by atomic mass is 79.9. The molecule has 0 saturated heterocycles. The van der Waals surface area contributed by atoms with Crippen LogP contribution in [0.4, 0.5) is 0 Å². The van der Waals surface area contributed by atoms with Gasteiger partial charge in [0.2, 0.25) is 17.3 Å². The molecule has 0 aliphatic carbocycles. The fourth-order valence-electron chi connectivity index (χ4n) is 1.46. The molecule has 0 spiro atoms. The number of rotatable bonds is 9. The van der Waals surface area contributed by atoms with Crippen LogP contribution in [0, 0.1) is 0 Å². The van der Waals surface area contributed by atoms with E-state index in [1.165, 1.54) is 42.3 Å². The van der Waals surface area contributed by atoms with E-state index in [4.69, 9.17) is 48.4 Å². The SMILES string of the molecule is CN(C)C(=O)/C(OP(=O)(O/C(C(=O)N(C)C)=C(/Cl)Br)O/C(C(=O)N(C)C)=C(/Cl)Br)=C(\Cl)Br. The molecule has 0 bridgehead atoms. The van der Waals surface area contributed by atoms with Crippen molar-refractivity contribution in [2.24, 2.45) is 0 Å². The third-order valence-electron chi connectivity index (χ3n) is 2.93. The highest BCUT2D eigenvalue weighted by molar-refractivity contribution is 9.12. The molecule has 3 amide bonds. The molecule has 0 aromatic rings. The Kier molecular flexibility index (Phi) is 13.3. The Morgan fingerprint density at radius 3 is 0.906 bits per heavy atom. The predicted octanol–water partition coefficient (Wildman–Crippen LogP) is 4.82. The second kappa shape index (κ2) is 13.5. The summed E-state index contributed by atoms with van der Waals surface area (Å²) < 4.78 is 28.0. The number of nitrogens with zero attached hydrogens (tertiary/aromatic N) is 3. The first kappa shape index (κ1) is 31.6. The lowest BCUT2D eigenvalue weighted by molar-refractivity contribution is -0.127. The van der Waals surface area contributed by atoms with Crippen LogP contribution in [-0.2, 0) is 32.5 Å². The first-order valence-corrected chi connectivity index (χ1v) is 12.9. The van der Waals surface area contributed by atoms with Gasteiger partial charge in [0, 0.05) is 42.3 Å². The van der Waals surface area contributed by atoms with E-state index in [1.807, 2.05) is 0 Å². The highest BCUT2D eigenvalue weighted by Crippen LogP contribution is 2.57. The Balaban J connectivity index is 6.74. The quantitative estimate of drug-likeness (QED) is 0.191. The largest absolute Gasteiger partial charge is 0.647 e. The molecule has 0 heterocycles. The van der Waals surface area contributed by atoms with Crippen molar-refractivity contribution in [2.75, 3.05) is 42.3 Å². The summed E-state index contributed by atoms with van der Waals surface area (Å²) in [5.41, 5.74) is 0. The summed E-state index contributed by atoms with van der Waals surface area (Å²) in [6, 6.07) is 0. The summed E-state index contributed by atoms with van der Waals surface area (Å²) in [6.07, 6.45) is 0. The van der Waals surface area contributed by atoms with E-state index < -0.39 is 54.6 Å². The molecular formula is C15H18Br3Cl3N3O7P. The fraction of sp³-hybridized carbons (Fsp3) is 0.400. The molecule has 182 valence electrons. The Labute approximate surface area is 225 Å². The first-order valence-electron chi connectivity index (χ1n) is 7.94. The second-order valence-corrected chi connectivity index (χ2v) is 12.4. The van der Waals surface area contributed by atoms with Crippen molar-refractivity contribution in [1.29, 1.82) is 0 Å². The van der Waals surface area contributed by atoms with Crippen molar-refractivity contribution in [1.82, 2.24) is 14.7 Å². The van der Waals surface area contributed by atoms with E-state index in [-0.39, 0.29) is 0 Å². The summed E-state index contributed by atoms with van der Waals surface area (Å²) in [6.45, 7) is 0. The van der Waals surface area contributed by atoms with Gasteiger partial charge in [-0.3, -0.25) is 14.4 Å². The lowest BCUT2D eigenvalue weighted by Crippen LogP contribution is -2.28. The van der Waals surface area contributed by atoms with Crippen molar-refractivity contribution < 1.29 is 32.5 Å². The molecule has 0 fully saturated rings. The number of phosphoric ester groups is 1. The molecule has 0 aliphatic rings. The monoisotopic (exact) mass is 725 g/mol. The molecule has 0 aliphatic heterocycles. The molecule has 0 radical (unpaired) electrons. The zero-order chi connectivity index (χ0) is 25.5. The normalized spacial score (nSPS) is 13.8. The standard InChI is InChI=1S/C15H18Br3Cl3N3O7P/c1-22(2)13(25)7(10(16)19)29-32(28,30-8(11(17)20)14(26)23(3)4)31-9(12(18)21)15(27)24(5)6/h1-6H3/b10-7+,11-8+,12-9+. The lowest BCUT2D eigenvalue weighted by atomic mass is 10.5. The van der Waals surface area contributed by atoms with E-state index in [0.717, 1.165) is 14.7 Å². The number of halogens is 6. The smallest absolute Gasteiger partial charge is 0.378 e. The third kappa shape index (κ3) is 9.44. The molecule has 0 aromatic heterocycles. The van der Waals surface area contributed by atoms with Crippen LogP contribution in [0.1, 0.15) is 0 Å². The van der Waals surface area contributed by atoms with Gasteiger partial charge in [0.25, 0.3) is 17.7 Å². The minimum absolute atomic E-state index is 0.410. The number of carbonyl (C=O) groups excluding carboxylic acids is 3. The van der Waals surface area contributed by atoms with Gasteiger partial charge in [-0.1, -0.05) is 34.8 Å². The second-order valence-electron chi connectivity index (χ2n) is 6.09. The van der Waals surface area contributed by atoms with Crippen molar-refractivity contribution in [3.05, 3.63) is 29.1 Å². The van der Waals surface area contributed by atoms with Crippen molar-refractivity contribution >= 4 is 108 Å². The van der Waals surface area contributed by atoms with Crippen molar-refractivity contribution in [3.8, 4) is 0 Å². The summed E-state index contributed by atoms with van der Waals surface area (Å²) >= 11 is 26.1. The first-order chi connectivity index (χ1) is 14.4.